The smallest absolute Gasteiger partial charge is 0.240 e. The van der Waals surface area contributed by atoms with Crippen molar-refractivity contribution in [3.05, 3.63) is 58.3 Å². The lowest BCUT2D eigenvalue weighted by Gasteiger charge is -2.13. The third-order valence-electron chi connectivity index (χ3n) is 3.07. The first kappa shape index (κ1) is 15.7. The van der Waals surface area contributed by atoms with Gasteiger partial charge in [0.1, 0.15) is 6.54 Å². The van der Waals surface area contributed by atoms with E-state index in [1.165, 1.54) is 23.9 Å². The van der Waals surface area contributed by atoms with Gasteiger partial charge in [-0.3, -0.25) is 14.6 Å². The Balaban J connectivity index is 2.06. The van der Waals surface area contributed by atoms with Gasteiger partial charge in [-0.1, -0.05) is 6.07 Å². The molecule has 2 aromatic rings. The first-order valence-corrected chi connectivity index (χ1v) is 6.69. The maximum Gasteiger partial charge on any atom is 0.240 e. The third-order valence-corrected chi connectivity index (χ3v) is 3.07. The molecule has 22 heavy (non-hydrogen) atoms. The number of rotatable bonds is 6. The summed E-state index contributed by atoms with van der Waals surface area (Å²) in [5.74, 6) is -0.138. The maximum absolute atomic E-state index is 12.0. The van der Waals surface area contributed by atoms with Crippen LogP contribution in [0.15, 0.2) is 41.5 Å². The number of carbonyl (C=O) groups excluding carboxylic acids is 1. The van der Waals surface area contributed by atoms with E-state index < -0.39 is 0 Å². The highest BCUT2D eigenvalue weighted by Gasteiger charge is 2.10. The summed E-state index contributed by atoms with van der Waals surface area (Å²) < 4.78 is 6.42. The minimum Gasteiger partial charge on any atom is -0.491 e. The van der Waals surface area contributed by atoms with Crippen LogP contribution in [0, 0.1) is 0 Å². The van der Waals surface area contributed by atoms with E-state index in [0.717, 1.165) is 5.69 Å². The molecule has 2 heterocycles. The first-order valence-electron chi connectivity index (χ1n) is 6.69. The van der Waals surface area contributed by atoms with E-state index in [1.807, 2.05) is 12.1 Å². The number of nitrogens with zero attached hydrogens (tertiary/aromatic N) is 2. The molecule has 0 bridgehead atoms. The van der Waals surface area contributed by atoms with Gasteiger partial charge in [-0.25, -0.2) is 0 Å². The zero-order chi connectivity index (χ0) is 15.9. The first-order chi connectivity index (χ1) is 10.6. The van der Waals surface area contributed by atoms with Crippen molar-refractivity contribution in [2.75, 3.05) is 7.11 Å². The van der Waals surface area contributed by atoms with E-state index in [4.69, 9.17) is 4.74 Å². The number of ether oxygens (including phenoxy) is 1. The minimum absolute atomic E-state index is 0.0284. The van der Waals surface area contributed by atoms with Crippen molar-refractivity contribution in [1.82, 2.24) is 14.9 Å². The molecule has 0 saturated heterocycles. The largest absolute Gasteiger partial charge is 0.491 e. The van der Waals surface area contributed by atoms with Crippen LogP contribution in [0.1, 0.15) is 11.4 Å². The molecule has 2 N–H and O–H groups in total. The van der Waals surface area contributed by atoms with Crippen LogP contribution in [-0.4, -0.2) is 27.7 Å². The molecule has 7 nitrogen and oxygen atoms in total. The van der Waals surface area contributed by atoms with Gasteiger partial charge in [0.2, 0.25) is 11.3 Å². The third kappa shape index (κ3) is 3.92. The van der Waals surface area contributed by atoms with E-state index in [9.17, 15) is 14.7 Å². The molecule has 0 aliphatic carbocycles. The van der Waals surface area contributed by atoms with Gasteiger partial charge in [-0.15, -0.1) is 0 Å². The molecular weight excluding hydrogens is 286 g/mol. The molecule has 0 fully saturated rings. The standard InChI is InChI=1S/C15H17N3O4/c1-22-14-8-18(12(10-19)6-13(14)20)9-15(21)17-7-11-4-2-3-5-16-11/h2-6,8,19H,7,9-10H2,1H3,(H,17,21). The molecule has 2 rings (SSSR count). The number of amides is 1. The molecule has 0 saturated carbocycles. The topological polar surface area (TPSA) is 93.4 Å². The van der Waals surface area contributed by atoms with Gasteiger partial charge < -0.3 is 19.7 Å². The monoisotopic (exact) mass is 303 g/mol. The second-order valence-corrected chi connectivity index (χ2v) is 4.58. The highest BCUT2D eigenvalue weighted by atomic mass is 16.5. The summed E-state index contributed by atoms with van der Waals surface area (Å²) in [5.41, 5.74) is 0.756. The van der Waals surface area contributed by atoms with Gasteiger partial charge in [0, 0.05) is 18.0 Å². The highest BCUT2D eigenvalue weighted by Crippen LogP contribution is 2.06. The van der Waals surface area contributed by atoms with Crippen LogP contribution < -0.4 is 15.5 Å². The molecule has 1 amide bonds. The van der Waals surface area contributed by atoms with E-state index >= 15 is 0 Å². The highest BCUT2D eigenvalue weighted by molar-refractivity contribution is 5.75. The summed E-state index contributed by atoms with van der Waals surface area (Å²) in [6.45, 7) is -0.0579. The number of carbonyl (C=O) groups is 1. The van der Waals surface area contributed by atoms with Gasteiger partial charge in [-0.2, -0.15) is 0 Å². The van der Waals surface area contributed by atoms with Crippen LogP contribution in [0.5, 0.6) is 5.75 Å². The normalized spacial score (nSPS) is 10.3. The average Bonchev–Trinajstić information content (AvgIpc) is 2.55. The van der Waals surface area contributed by atoms with Crippen molar-refractivity contribution in [3.63, 3.8) is 0 Å². The van der Waals surface area contributed by atoms with Crippen LogP contribution in [0.2, 0.25) is 0 Å². The molecule has 0 aliphatic heterocycles. The number of aliphatic hydroxyl groups is 1. The van der Waals surface area contributed by atoms with E-state index in [2.05, 4.69) is 10.3 Å². The summed E-state index contributed by atoms with van der Waals surface area (Å²) in [7, 11) is 1.38. The Hall–Kier alpha value is -2.67. The number of hydrogen-bond acceptors (Lipinski definition) is 5. The van der Waals surface area contributed by atoms with Gasteiger partial charge in [0.05, 0.1) is 32.2 Å². The van der Waals surface area contributed by atoms with Crippen LogP contribution in [-0.2, 0) is 24.5 Å². The lowest BCUT2D eigenvalue weighted by Crippen LogP contribution is -2.29. The van der Waals surface area contributed by atoms with Gasteiger partial charge in [0.15, 0.2) is 5.75 Å². The molecule has 0 aromatic carbocycles. The SMILES string of the molecule is COc1cn(CC(=O)NCc2ccccn2)c(CO)cc1=O. The lowest BCUT2D eigenvalue weighted by molar-refractivity contribution is -0.121. The molecule has 2 aromatic heterocycles. The summed E-state index contributed by atoms with van der Waals surface area (Å²) in [6.07, 6.45) is 3.06. The van der Waals surface area contributed by atoms with Crippen LogP contribution in [0.25, 0.3) is 0 Å². The fourth-order valence-electron chi connectivity index (χ4n) is 1.93. The number of nitrogens with one attached hydrogen (secondary N) is 1. The van der Waals surface area contributed by atoms with Crippen LogP contribution >= 0.6 is 0 Å². The van der Waals surface area contributed by atoms with Crippen molar-refractivity contribution < 1.29 is 14.6 Å². The quantitative estimate of drug-likeness (QED) is 0.787. The van der Waals surface area contributed by atoms with Gasteiger partial charge >= 0.3 is 0 Å². The Labute approximate surface area is 127 Å². The second-order valence-electron chi connectivity index (χ2n) is 4.58. The summed E-state index contributed by atoms with van der Waals surface area (Å²) in [6, 6.07) is 6.70. The van der Waals surface area contributed by atoms with Crippen molar-refractivity contribution in [3.8, 4) is 5.75 Å². The molecule has 0 aliphatic rings. The summed E-state index contributed by atoms with van der Waals surface area (Å²) >= 11 is 0. The Bertz CT molecular complexity index is 698. The number of aliphatic hydroxyl groups excluding tert-OH is 1. The zero-order valence-corrected chi connectivity index (χ0v) is 12.2. The van der Waals surface area contributed by atoms with Crippen molar-refractivity contribution in [2.45, 2.75) is 19.7 Å². The summed E-state index contributed by atoms with van der Waals surface area (Å²) in [5, 5.41) is 12.0. The molecule has 7 heteroatoms. The molecule has 116 valence electrons. The Kier molecular flexibility index (Phi) is 5.26. The molecule has 0 atom stereocenters. The predicted molar refractivity (Wildman–Crippen MR) is 79.3 cm³/mol. The fraction of sp³-hybridized carbons (Fsp3) is 0.267. The Morgan fingerprint density at radius 1 is 1.45 bits per heavy atom. The number of methoxy groups -OCH3 is 1. The molecule has 0 radical (unpaired) electrons. The molecule has 0 unspecified atom stereocenters. The fourth-order valence-corrected chi connectivity index (χ4v) is 1.93. The lowest BCUT2D eigenvalue weighted by atomic mass is 10.3. The minimum atomic E-state index is -0.341. The van der Waals surface area contributed by atoms with Crippen molar-refractivity contribution >= 4 is 5.91 Å². The van der Waals surface area contributed by atoms with E-state index in [1.54, 1.807) is 12.3 Å². The Morgan fingerprint density at radius 2 is 2.27 bits per heavy atom. The number of hydrogen-bond donors (Lipinski definition) is 2. The number of aromatic nitrogens is 2. The predicted octanol–water partition coefficient (Wildman–Crippen LogP) is 0.0606. The maximum atomic E-state index is 12.0. The van der Waals surface area contributed by atoms with E-state index in [0.29, 0.717) is 12.2 Å². The van der Waals surface area contributed by atoms with Crippen molar-refractivity contribution in [2.24, 2.45) is 0 Å². The van der Waals surface area contributed by atoms with E-state index in [-0.39, 0.29) is 30.2 Å². The van der Waals surface area contributed by atoms with Gasteiger partial charge in [0.25, 0.3) is 0 Å². The van der Waals surface area contributed by atoms with Crippen LogP contribution in [0.4, 0.5) is 0 Å². The Morgan fingerprint density at radius 3 is 2.91 bits per heavy atom. The van der Waals surface area contributed by atoms with Gasteiger partial charge in [-0.05, 0) is 12.1 Å². The van der Waals surface area contributed by atoms with Crippen molar-refractivity contribution in [1.29, 1.82) is 0 Å². The summed E-state index contributed by atoms with van der Waals surface area (Å²) in [4.78, 5) is 27.7. The average molecular weight is 303 g/mol. The zero-order valence-electron chi connectivity index (χ0n) is 12.2. The molecule has 0 spiro atoms. The van der Waals surface area contributed by atoms with Crippen LogP contribution in [0.3, 0.4) is 0 Å². The molecular formula is C15H17N3O4. The number of pyridine rings is 2. The second kappa shape index (κ2) is 7.37.